The van der Waals surface area contributed by atoms with Gasteiger partial charge in [0.05, 0.1) is 24.5 Å². The first-order valence-corrected chi connectivity index (χ1v) is 11.2. The number of carbonyl (C=O) groups excluding carboxylic acids is 2. The number of carbonyl (C=O) groups is 2. The Morgan fingerprint density at radius 1 is 1.03 bits per heavy atom. The average molecular weight is 465 g/mol. The van der Waals surface area contributed by atoms with Gasteiger partial charge >= 0.3 is 11.9 Å². The van der Waals surface area contributed by atoms with Gasteiger partial charge in [-0.15, -0.1) is 0 Å². The molecule has 0 N–H and O–H groups in total. The number of allylic oxidation sites excluding steroid dienone is 2. The maximum atomic E-state index is 14.0. The molecular weight excluding hydrogens is 441 g/mol. The molecule has 0 amide bonds. The summed E-state index contributed by atoms with van der Waals surface area (Å²) in [5.41, 5.74) is 2.33. The quantitative estimate of drug-likeness (QED) is 0.615. The van der Waals surface area contributed by atoms with Gasteiger partial charge in [0.25, 0.3) is 0 Å². The zero-order valence-corrected chi connectivity index (χ0v) is 19.4. The molecule has 8 heteroatoms. The Bertz CT molecular complexity index is 1300. The van der Waals surface area contributed by atoms with Crippen molar-refractivity contribution in [3.05, 3.63) is 70.4 Å². The molecule has 1 atom stereocenters. The Balaban J connectivity index is 1.85. The summed E-state index contributed by atoms with van der Waals surface area (Å²) in [5.74, 6) is -0.755. The molecule has 2 aromatic rings. The van der Waals surface area contributed by atoms with Crippen LogP contribution in [0.4, 0.5) is 10.1 Å². The largest absolute Gasteiger partial charge is 0.485 e. The monoisotopic (exact) mass is 465 g/mol. The zero-order valence-electron chi connectivity index (χ0n) is 19.4. The summed E-state index contributed by atoms with van der Waals surface area (Å²) in [5, 5.41) is 0. The van der Waals surface area contributed by atoms with Gasteiger partial charge in [0.1, 0.15) is 22.9 Å². The van der Waals surface area contributed by atoms with Crippen LogP contribution in [-0.4, -0.2) is 31.8 Å². The Kier molecular flexibility index (Phi) is 5.11. The number of hydrogen-bond acceptors (Lipinski definition) is 7. The highest BCUT2D eigenvalue weighted by Crippen LogP contribution is 2.56. The van der Waals surface area contributed by atoms with E-state index in [2.05, 4.69) is 0 Å². The molecular formula is C26H24FNO6. The number of esters is 2. The third-order valence-corrected chi connectivity index (χ3v) is 6.27. The van der Waals surface area contributed by atoms with E-state index in [9.17, 15) is 14.0 Å². The van der Waals surface area contributed by atoms with Crippen molar-refractivity contribution in [2.45, 2.75) is 33.4 Å². The minimum absolute atomic E-state index is 0.00829. The lowest BCUT2D eigenvalue weighted by atomic mass is 9.78. The van der Waals surface area contributed by atoms with E-state index in [0.717, 1.165) is 0 Å². The average Bonchev–Trinajstić information content (AvgIpc) is 2.79. The highest BCUT2D eigenvalue weighted by atomic mass is 19.1. The smallest absolute Gasteiger partial charge is 0.342 e. The summed E-state index contributed by atoms with van der Waals surface area (Å²) in [6.45, 7) is 7.38. The number of nitrogens with zero attached hydrogens (tertiary/aromatic N) is 1. The minimum Gasteiger partial charge on any atom is -0.485 e. The second kappa shape index (κ2) is 7.90. The summed E-state index contributed by atoms with van der Waals surface area (Å²) >= 11 is 0. The lowest BCUT2D eigenvalue weighted by Gasteiger charge is -2.53. The standard InChI is InChI=1S/C26H24FNO6/c1-5-31-24(29)21-14(3)28-19-11-10-16(27)12-20(19)33-13-26(28)23-17(21)8-7-9-18(23)22(15(4)34-26)25(30)32-6-2/h7-12H,5-6,13H2,1-4H3. The van der Waals surface area contributed by atoms with Crippen LogP contribution in [0, 0.1) is 5.82 Å². The maximum Gasteiger partial charge on any atom is 0.342 e. The predicted molar refractivity (Wildman–Crippen MR) is 122 cm³/mol. The predicted octanol–water partition coefficient (Wildman–Crippen LogP) is 4.51. The van der Waals surface area contributed by atoms with E-state index in [1.165, 1.54) is 12.1 Å². The first-order valence-electron chi connectivity index (χ1n) is 11.2. The third kappa shape index (κ3) is 2.94. The van der Waals surface area contributed by atoms with Gasteiger partial charge in [0.2, 0.25) is 5.72 Å². The number of rotatable bonds is 4. The molecule has 0 aromatic heterocycles. The van der Waals surface area contributed by atoms with Gasteiger partial charge < -0.3 is 18.9 Å². The molecule has 0 aliphatic carbocycles. The van der Waals surface area contributed by atoms with Crippen molar-refractivity contribution in [2.24, 2.45) is 0 Å². The van der Waals surface area contributed by atoms with Gasteiger partial charge in [-0.05, 0) is 39.8 Å². The van der Waals surface area contributed by atoms with Crippen molar-refractivity contribution < 1.29 is 32.9 Å². The molecule has 3 aliphatic heterocycles. The summed E-state index contributed by atoms with van der Waals surface area (Å²) in [4.78, 5) is 27.9. The number of halogens is 1. The number of anilines is 1. The molecule has 7 nitrogen and oxygen atoms in total. The molecule has 176 valence electrons. The van der Waals surface area contributed by atoms with E-state index in [1.54, 1.807) is 52.0 Å². The van der Waals surface area contributed by atoms with Crippen molar-refractivity contribution >= 4 is 28.8 Å². The number of ether oxygens (including phenoxy) is 4. The first-order chi connectivity index (χ1) is 16.3. The van der Waals surface area contributed by atoms with Crippen molar-refractivity contribution in [2.75, 3.05) is 24.7 Å². The molecule has 0 saturated carbocycles. The van der Waals surface area contributed by atoms with E-state index < -0.39 is 23.5 Å². The van der Waals surface area contributed by atoms with E-state index >= 15 is 0 Å². The van der Waals surface area contributed by atoms with Crippen LogP contribution < -0.4 is 9.64 Å². The molecule has 5 rings (SSSR count). The van der Waals surface area contributed by atoms with Crippen LogP contribution in [-0.2, 0) is 29.5 Å². The molecule has 0 fully saturated rings. The normalized spacial score (nSPS) is 20.0. The van der Waals surface area contributed by atoms with Crippen molar-refractivity contribution in [3.8, 4) is 5.75 Å². The number of benzene rings is 2. The van der Waals surface area contributed by atoms with Crippen LogP contribution in [0.3, 0.4) is 0 Å². The molecule has 3 heterocycles. The molecule has 2 aromatic carbocycles. The van der Waals surface area contributed by atoms with Crippen LogP contribution in [0.15, 0.2) is 47.9 Å². The van der Waals surface area contributed by atoms with Crippen molar-refractivity contribution in [1.82, 2.24) is 0 Å². The van der Waals surface area contributed by atoms with Crippen LogP contribution in [0.1, 0.15) is 44.4 Å². The van der Waals surface area contributed by atoms with Crippen molar-refractivity contribution in [1.29, 1.82) is 0 Å². The lowest BCUT2D eigenvalue weighted by Crippen LogP contribution is -2.58. The maximum absolute atomic E-state index is 14.0. The molecule has 0 radical (unpaired) electrons. The second-order valence-electron chi connectivity index (χ2n) is 8.18. The first kappa shape index (κ1) is 22.0. The van der Waals surface area contributed by atoms with Crippen LogP contribution in [0.25, 0.3) is 11.1 Å². The molecule has 1 spiro atoms. The number of hydrogen-bond donors (Lipinski definition) is 0. The second-order valence-corrected chi connectivity index (χ2v) is 8.18. The Morgan fingerprint density at radius 2 is 1.68 bits per heavy atom. The molecule has 1 unspecified atom stereocenters. The highest BCUT2D eigenvalue weighted by molar-refractivity contribution is 6.22. The fraction of sp³-hybridized carbons (Fsp3) is 0.308. The Morgan fingerprint density at radius 3 is 2.35 bits per heavy atom. The van der Waals surface area contributed by atoms with Gasteiger partial charge in [-0.2, -0.15) is 0 Å². The van der Waals surface area contributed by atoms with Gasteiger partial charge in [0.15, 0.2) is 6.61 Å². The van der Waals surface area contributed by atoms with E-state index in [4.69, 9.17) is 18.9 Å². The summed E-state index contributed by atoms with van der Waals surface area (Å²) in [6, 6.07) is 9.62. The van der Waals surface area contributed by atoms with Crippen LogP contribution >= 0.6 is 0 Å². The number of fused-ring (bicyclic) bond motifs is 2. The Labute approximate surface area is 196 Å². The van der Waals surface area contributed by atoms with Gasteiger partial charge in [-0.3, -0.25) is 4.90 Å². The van der Waals surface area contributed by atoms with Gasteiger partial charge in [0, 0.05) is 28.5 Å². The molecule has 0 bridgehead atoms. The van der Waals surface area contributed by atoms with Crippen LogP contribution in [0.5, 0.6) is 5.75 Å². The Hall–Kier alpha value is -3.81. The third-order valence-electron chi connectivity index (χ3n) is 6.27. The van der Waals surface area contributed by atoms with E-state index in [1.807, 2.05) is 4.90 Å². The molecule has 3 aliphatic rings. The summed E-state index contributed by atoms with van der Waals surface area (Å²) < 4.78 is 37.2. The SMILES string of the molecule is CCOC(=O)C1=C(C)OC23COc4cc(F)ccc4N2C(C)=C(C(=O)OCC)c2cccc1c23. The topological polar surface area (TPSA) is 74.3 Å². The fourth-order valence-corrected chi connectivity index (χ4v) is 5.09. The minimum atomic E-state index is -1.21. The van der Waals surface area contributed by atoms with Crippen LogP contribution in [0.2, 0.25) is 0 Å². The van der Waals surface area contributed by atoms with Gasteiger partial charge in [-0.25, -0.2) is 14.0 Å². The van der Waals surface area contributed by atoms with Gasteiger partial charge in [-0.1, -0.05) is 18.2 Å². The summed E-state index contributed by atoms with van der Waals surface area (Å²) in [6.07, 6.45) is 0. The zero-order chi connectivity index (χ0) is 24.2. The molecule has 34 heavy (non-hydrogen) atoms. The fourth-order valence-electron chi connectivity index (χ4n) is 5.09. The van der Waals surface area contributed by atoms with E-state index in [0.29, 0.717) is 45.2 Å². The molecule has 0 saturated heterocycles. The van der Waals surface area contributed by atoms with E-state index in [-0.39, 0.29) is 25.4 Å². The summed E-state index contributed by atoms with van der Waals surface area (Å²) in [7, 11) is 0. The van der Waals surface area contributed by atoms with Crippen molar-refractivity contribution in [3.63, 3.8) is 0 Å². The lowest BCUT2D eigenvalue weighted by molar-refractivity contribution is -0.137. The highest BCUT2D eigenvalue weighted by Gasteiger charge is 2.56.